The SMILES string of the molecule is O=C(NC(C1CCCCC1)C1CC1)OCc1ccccc1. The number of carbonyl (C=O) groups is 1. The van der Waals surface area contributed by atoms with Gasteiger partial charge in [-0.05, 0) is 43.1 Å². The Bertz CT molecular complexity index is 450. The first-order valence-electron chi connectivity index (χ1n) is 8.30. The van der Waals surface area contributed by atoms with Crippen molar-refractivity contribution in [2.75, 3.05) is 0 Å². The second kappa shape index (κ2) is 6.97. The van der Waals surface area contributed by atoms with Crippen LogP contribution in [-0.2, 0) is 11.3 Å². The Morgan fingerprint density at radius 2 is 1.71 bits per heavy atom. The van der Waals surface area contributed by atoms with Gasteiger partial charge in [-0.3, -0.25) is 0 Å². The standard InChI is InChI=1S/C18H25NO2/c20-18(21-13-14-7-3-1-4-8-14)19-17(16-11-12-16)15-9-5-2-6-10-15/h1,3-4,7-8,15-17H,2,5-6,9-13H2,(H,19,20). The number of alkyl carbamates (subject to hydrolysis) is 1. The van der Waals surface area contributed by atoms with Gasteiger partial charge in [-0.1, -0.05) is 49.6 Å². The smallest absolute Gasteiger partial charge is 0.407 e. The number of hydrogen-bond acceptors (Lipinski definition) is 2. The molecule has 0 aromatic heterocycles. The summed E-state index contributed by atoms with van der Waals surface area (Å²) in [6.07, 6.45) is 8.79. The zero-order chi connectivity index (χ0) is 14.5. The van der Waals surface area contributed by atoms with E-state index in [4.69, 9.17) is 4.74 Å². The minimum Gasteiger partial charge on any atom is -0.445 e. The summed E-state index contributed by atoms with van der Waals surface area (Å²) in [7, 11) is 0. The lowest BCUT2D eigenvalue weighted by atomic mass is 9.82. The molecule has 1 amide bonds. The van der Waals surface area contributed by atoms with Crippen LogP contribution in [-0.4, -0.2) is 12.1 Å². The summed E-state index contributed by atoms with van der Waals surface area (Å²) >= 11 is 0. The molecule has 3 nitrogen and oxygen atoms in total. The van der Waals surface area contributed by atoms with Crippen LogP contribution in [0.3, 0.4) is 0 Å². The topological polar surface area (TPSA) is 38.3 Å². The fourth-order valence-electron chi connectivity index (χ4n) is 3.47. The van der Waals surface area contributed by atoms with Gasteiger partial charge in [-0.25, -0.2) is 4.79 Å². The molecule has 0 radical (unpaired) electrons. The first-order valence-corrected chi connectivity index (χ1v) is 8.30. The Morgan fingerprint density at radius 1 is 1.05 bits per heavy atom. The van der Waals surface area contributed by atoms with E-state index in [1.165, 1.54) is 44.9 Å². The van der Waals surface area contributed by atoms with E-state index >= 15 is 0 Å². The summed E-state index contributed by atoms with van der Waals surface area (Å²) in [6.45, 7) is 0.356. The van der Waals surface area contributed by atoms with Gasteiger partial charge in [0.05, 0.1) is 0 Å². The van der Waals surface area contributed by atoms with Crippen LogP contribution in [0.1, 0.15) is 50.5 Å². The number of ether oxygens (including phenoxy) is 1. The summed E-state index contributed by atoms with van der Waals surface area (Å²) in [5, 5.41) is 3.16. The van der Waals surface area contributed by atoms with Crippen LogP contribution < -0.4 is 5.32 Å². The van der Waals surface area contributed by atoms with Gasteiger partial charge in [0.15, 0.2) is 0 Å². The lowest BCUT2D eigenvalue weighted by molar-refractivity contribution is 0.126. The van der Waals surface area contributed by atoms with Gasteiger partial charge in [-0.2, -0.15) is 0 Å². The molecule has 2 saturated carbocycles. The summed E-state index contributed by atoms with van der Waals surface area (Å²) in [4.78, 5) is 12.1. The Balaban J connectivity index is 1.49. The molecule has 2 aliphatic carbocycles. The number of rotatable bonds is 5. The first-order chi connectivity index (χ1) is 10.3. The molecular formula is C18H25NO2. The second-order valence-electron chi connectivity index (χ2n) is 6.47. The highest BCUT2D eigenvalue weighted by molar-refractivity contribution is 5.67. The van der Waals surface area contributed by atoms with Crippen LogP contribution in [0.25, 0.3) is 0 Å². The van der Waals surface area contributed by atoms with Gasteiger partial charge in [0.1, 0.15) is 6.61 Å². The monoisotopic (exact) mass is 287 g/mol. The van der Waals surface area contributed by atoms with Crippen molar-refractivity contribution < 1.29 is 9.53 Å². The zero-order valence-electron chi connectivity index (χ0n) is 12.6. The third-order valence-electron chi connectivity index (χ3n) is 4.78. The number of hydrogen-bond donors (Lipinski definition) is 1. The lowest BCUT2D eigenvalue weighted by Crippen LogP contribution is -2.42. The van der Waals surface area contributed by atoms with E-state index in [-0.39, 0.29) is 6.09 Å². The van der Waals surface area contributed by atoms with Gasteiger partial charge >= 0.3 is 6.09 Å². The highest BCUT2D eigenvalue weighted by Gasteiger charge is 2.38. The predicted octanol–water partition coefficient (Wildman–Crippen LogP) is 4.27. The van der Waals surface area contributed by atoms with Gasteiger partial charge in [0.25, 0.3) is 0 Å². The number of nitrogens with one attached hydrogen (secondary N) is 1. The summed E-state index contributed by atoms with van der Waals surface area (Å²) in [6, 6.07) is 10.2. The van der Waals surface area contributed by atoms with E-state index in [1.54, 1.807) is 0 Å². The van der Waals surface area contributed by atoms with Crippen molar-refractivity contribution in [3.05, 3.63) is 35.9 Å². The van der Waals surface area contributed by atoms with E-state index in [1.807, 2.05) is 30.3 Å². The number of amides is 1. The Labute approximate surface area is 127 Å². The fraction of sp³-hybridized carbons (Fsp3) is 0.611. The lowest BCUT2D eigenvalue weighted by Gasteiger charge is -2.30. The maximum Gasteiger partial charge on any atom is 0.407 e. The first kappa shape index (κ1) is 14.4. The van der Waals surface area contributed by atoms with E-state index in [2.05, 4.69) is 5.32 Å². The van der Waals surface area contributed by atoms with Crippen LogP contribution in [0.4, 0.5) is 4.79 Å². The average molecular weight is 287 g/mol. The Morgan fingerprint density at radius 3 is 2.38 bits per heavy atom. The third-order valence-corrected chi connectivity index (χ3v) is 4.78. The predicted molar refractivity (Wildman–Crippen MR) is 82.8 cm³/mol. The molecular weight excluding hydrogens is 262 g/mol. The molecule has 1 N–H and O–H groups in total. The number of carbonyl (C=O) groups excluding carboxylic acids is 1. The molecule has 114 valence electrons. The molecule has 3 heteroatoms. The maximum absolute atomic E-state index is 12.1. The van der Waals surface area contributed by atoms with Crippen molar-refractivity contribution in [1.82, 2.24) is 5.32 Å². The largest absolute Gasteiger partial charge is 0.445 e. The van der Waals surface area contributed by atoms with Crippen molar-refractivity contribution >= 4 is 6.09 Å². The van der Waals surface area contributed by atoms with Crippen LogP contribution in [0.2, 0.25) is 0 Å². The highest BCUT2D eigenvalue weighted by atomic mass is 16.5. The Kier molecular flexibility index (Phi) is 4.79. The van der Waals surface area contributed by atoms with E-state index in [0.29, 0.717) is 24.5 Å². The van der Waals surface area contributed by atoms with Gasteiger partial charge in [0, 0.05) is 6.04 Å². The second-order valence-corrected chi connectivity index (χ2v) is 6.47. The van der Waals surface area contributed by atoms with Crippen molar-refractivity contribution in [2.24, 2.45) is 11.8 Å². The van der Waals surface area contributed by atoms with Crippen molar-refractivity contribution in [2.45, 2.75) is 57.6 Å². The molecule has 3 rings (SSSR count). The molecule has 2 fully saturated rings. The maximum atomic E-state index is 12.1. The van der Waals surface area contributed by atoms with Crippen molar-refractivity contribution in [3.8, 4) is 0 Å². The van der Waals surface area contributed by atoms with Crippen molar-refractivity contribution in [3.63, 3.8) is 0 Å². The summed E-state index contributed by atoms with van der Waals surface area (Å²) in [5.74, 6) is 1.35. The molecule has 1 unspecified atom stereocenters. The molecule has 0 aliphatic heterocycles. The molecule has 0 saturated heterocycles. The minimum atomic E-state index is -0.249. The fourth-order valence-corrected chi connectivity index (χ4v) is 3.47. The number of benzene rings is 1. The average Bonchev–Trinajstić information content (AvgIpc) is 3.37. The molecule has 2 aliphatic rings. The molecule has 0 bridgehead atoms. The van der Waals surface area contributed by atoms with Gasteiger partial charge in [0.2, 0.25) is 0 Å². The molecule has 1 atom stereocenters. The summed E-state index contributed by atoms with van der Waals surface area (Å²) < 4.78 is 5.38. The van der Waals surface area contributed by atoms with E-state index in [0.717, 1.165) is 5.56 Å². The zero-order valence-corrected chi connectivity index (χ0v) is 12.6. The van der Waals surface area contributed by atoms with Crippen molar-refractivity contribution in [1.29, 1.82) is 0 Å². The Hall–Kier alpha value is -1.51. The summed E-state index contributed by atoms with van der Waals surface area (Å²) in [5.41, 5.74) is 1.04. The van der Waals surface area contributed by atoms with Crippen LogP contribution in [0, 0.1) is 11.8 Å². The van der Waals surface area contributed by atoms with Crippen LogP contribution >= 0.6 is 0 Å². The highest BCUT2D eigenvalue weighted by Crippen LogP contribution is 2.40. The molecule has 21 heavy (non-hydrogen) atoms. The van der Waals surface area contributed by atoms with Gasteiger partial charge < -0.3 is 10.1 Å². The van der Waals surface area contributed by atoms with E-state index < -0.39 is 0 Å². The molecule has 1 aromatic carbocycles. The van der Waals surface area contributed by atoms with Gasteiger partial charge in [-0.15, -0.1) is 0 Å². The van der Waals surface area contributed by atoms with Crippen LogP contribution in [0.5, 0.6) is 0 Å². The quantitative estimate of drug-likeness (QED) is 0.878. The minimum absolute atomic E-state index is 0.249. The molecule has 0 heterocycles. The molecule has 0 spiro atoms. The van der Waals surface area contributed by atoms with E-state index in [9.17, 15) is 4.79 Å². The normalized spacial score (nSPS) is 20.8. The van der Waals surface area contributed by atoms with Crippen LogP contribution in [0.15, 0.2) is 30.3 Å². The third kappa shape index (κ3) is 4.23. The molecule has 1 aromatic rings.